The normalized spacial score (nSPS) is 20.6. The lowest BCUT2D eigenvalue weighted by Crippen LogP contribution is -2.49. The maximum absolute atomic E-state index is 12.8. The second-order valence-electron chi connectivity index (χ2n) is 6.36. The topological polar surface area (TPSA) is 99.3 Å². The zero-order valence-electron chi connectivity index (χ0n) is 13.4. The molecule has 0 amide bonds. The molecule has 1 heterocycles. The molecule has 0 radical (unpaired) electrons. The maximum atomic E-state index is 12.8. The van der Waals surface area contributed by atoms with Crippen molar-refractivity contribution in [1.82, 2.24) is 0 Å². The molecule has 0 saturated heterocycles. The number of hydrogen-bond donors (Lipinski definition) is 2. The minimum atomic E-state index is -1.03. The average molecular weight is 344 g/mol. The molecule has 6 heteroatoms. The predicted molar refractivity (Wildman–Crippen MR) is 92.3 cm³/mol. The molecule has 0 saturated carbocycles. The first-order valence-corrected chi connectivity index (χ1v) is 8.13. The standard InChI is InChI=1S/C20H12N2O4/c23-17-9-5-1-2-6-10(9)18(24)14-13(17)21-15-16(22-14)20(26)12-8-4-3-7-11(12)19(15)25/h1-8,13-14,25-26H. The van der Waals surface area contributed by atoms with Gasteiger partial charge in [-0.3, -0.25) is 19.6 Å². The number of phenols is 2. The molecule has 3 aromatic rings. The van der Waals surface area contributed by atoms with Crippen LogP contribution in [0.1, 0.15) is 20.7 Å². The highest BCUT2D eigenvalue weighted by molar-refractivity contribution is 6.19. The molecule has 1 aliphatic heterocycles. The monoisotopic (exact) mass is 344 g/mol. The van der Waals surface area contributed by atoms with E-state index >= 15 is 0 Å². The summed E-state index contributed by atoms with van der Waals surface area (Å²) in [6.45, 7) is 0. The van der Waals surface area contributed by atoms with E-state index < -0.39 is 12.1 Å². The van der Waals surface area contributed by atoms with Crippen LogP contribution in [0.4, 0.5) is 0 Å². The number of fused-ring (bicyclic) bond motifs is 4. The van der Waals surface area contributed by atoms with Crippen LogP contribution in [0.3, 0.4) is 0 Å². The molecule has 2 aliphatic rings. The Labute approximate surface area is 146 Å². The summed E-state index contributed by atoms with van der Waals surface area (Å²) < 4.78 is 0. The lowest BCUT2D eigenvalue weighted by molar-refractivity contribution is 0.0839. The Morgan fingerprint density at radius 2 is 1.04 bits per heavy atom. The number of rotatable bonds is 0. The van der Waals surface area contributed by atoms with E-state index in [9.17, 15) is 19.8 Å². The Morgan fingerprint density at radius 3 is 1.46 bits per heavy atom. The van der Waals surface area contributed by atoms with Gasteiger partial charge in [-0.1, -0.05) is 48.5 Å². The van der Waals surface area contributed by atoms with Crippen molar-refractivity contribution in [3.8, 4) is 11.5 Å². The molecule has 0 fully saturated rings. The van der Waals surface area contributed by atoms with Crippen LogP contribution in [-0.2, 0) is 0 Å². The Kier molecular flexibility index (Phi) is 2.83. The first-order chi connectivity index (χ1) is 12.6. The molecule has 6 nitrogen and oxygen atoms in total. The van der Waals surface area contributed by atoms with Crippen LogP contribution >= 0.6 is 0 Å². The van der Waals surface area contributed by atoms with Gasteiger partial charge in [-0.2, -0.15) is 0 Å². The predicted octanol–water partition coefficient (Wildman–Crippen LogP) is 1.32. The highest BCUT2D eigenvalue weighted by Gasteiger charge is 2.43. The summed E-state index contributed by atoms with van der Waals surface area (Å²) in [4.78, 5) is 34.3. The van der Waals surface area contributed by atoms with Crippen molar-refractivity contribution >= 4 is 22.3 Å². The molecule has 3 aromatic carbocycles. The molecule has 126 valence electrons. The number of ketones is 2. The van der Waals surface area contributed by atoms with Gasteiger partial charge in [0.2, 0.25) is 0 Å². The van der Waals surface area contributed by atoms with Crippen molar-refractivity contribution in [2.45, 2.75) is 12.1 Å². The summed E-state index contributed by atoms with van der Waals surface area (Å²) in [5.74, 6) is -0.942. The van der Waals surface area contributed by atoms with Gasteiger partial charge in [-0.15, -0.1) is 0 Å². The van der Waals surface area contributed by atoms with Crippen molar-refractivity contribution in [2.75, 3.05) is 0 Å². The number of Topliss-reactive ketones (excluding diaryl/α,β-unsaturated/α-hetero) is 2. The van der Waals surface area contributed by atoms with Crippen molar-refractivity contribution in [3.05, 3.63) is 70.4 Å². The molecule has 26 heavy (non-hydrogen) atoms. The van der Waals surface area contributed by atoms with Crippen LogP contribution in [-0.4, -0.2) is 33.9 Å². The smallest absolute Gasteiger partial charge is 0.190 e. The van der Waals surface area contributed by atoms with Gasteiger partial charge in [-0.05, 0) is 0 Å². The van der Waals surface area contributed by atoms with Gasteiger partial charge in [0.15, 0.2) is 23.1 Å². The number of carbonyl (C=O) groups is 2. The quantitative estimate of drug-likeness (QED) is 0.601. The van der Waals surface area contributed by atoms with Crippen molar-refractivity contribution in [3.63, 3.8) is 0 Å². The first-order valence-electron chi connectivity index (χ1n) is 8.13. The molecule has 0 aromatic heterocycles. The summed E-state index contributed by atoms with van der Waals surface area (Å²) in [6.07, 6.45) is 0. The third kappa shape index (κ3) is 1.75. The molecule has 0 spiro atoms. The molecule has 0 bridgehead atoms. The second-order valence-corrected chi connectivity index (χ2v) is 6.36. The molecule has 2 N–H and O–H groups in total. The van der Waals surface area contributed by atoms with Crippen LogP contribution in [0.2, 0.25) is 0 Å². The highest BCUT2D eigenvalue weighted by Crippen LogP contribution is 2.30. The number of aromatic hydroxyl groups is 2. The number of phenolic OH excluding ortho intramolecular Hbond substituents is 2. The molecular weight excluding hydrogens is 332 g/mol. The van der Waals surface area contributed by atoms with Gasteiger partial charge in [-0.25, -0.2) is 0 Å². The van der Waals surface area contributed by atoms with E-state index in [0.29, 0.717) is 21.9 Å². The zero-order chi connectivity index (χ0) is 18.0. The van der Waals surface area contributed by atoms with Gasteiger partial charge in [0, 0.05) is 21.9 Å². The SMILES string of the molecule is O=C1c2ccccc2C(=O)C2N=c3c(O)c4ccccc4c(O)c3=NC12. The van der Waals surface area contributed by atoms with Gasteiger partial charge in [0.25, 0.3) is 0 Å². The number of benzene rings is 3. The van der Waals surface area contributed by atoms with E-state index in [1.807, 2.05) is 0 Å². The van der Waals surface area contributed by atoms with Gasteiger partial charge in [0.05, 0.1) is 0 Å². The fourth-order valence-electron chi connectivity index (χ4n) is 3.67. The molecule has 2 atom stereocenters. The number of hydrogen-bond acceptors (Lipinski definition) is 6. The maximum Gasteiger partial charge on any atom is 0.190 e. The van der Waals surface area contributed by atoms with Crippen LogP contribution < -0.4 is 10.7 Å². The first kappa shape index (κ1) is 14.8. The van der Waals surface area contributed by atoms with Crippen LogP contribution in [0.5, 0.6) is 11.5 Å². The Balaban J connectivity index is 1.87. The van der Waals surface area contributed by atoms with Crippen molar-refractivity contribution in [1.29, 1.82) is 0 Å². The Hall–Kier alpha value is -3.54. The molecule has 1 aliphatic carbocycles. The van der Waals surface area contributed by atoms with Crippen LogP contribution in [0.15, 0.2) is 58.5 Å². The third-order valence-corrected chi connectivity index (χ3v) is 4.94. The van der Waals surface area contributed by atoms with Gasteiger partial charge in [0.1, 0.15) is 22.8 Å². The van der Waals surface area contributed by atoms with Gasteiger partial charge >= 0.3 is 0 Å². The van der Waals surface area contributed by atoms with E-state index in [1.165, 1.54) is 0 Å². The molecular formula is C20H12N2O4. The minimum absolute atomic E-state index is 0.0444. The summed E-state index contributed by atoms with van der Waals surface area (Å²) >= 11 is 0. The molecule has 2 unspecified atom stereocenters. The summed E-state index contributed by atoms with van der Waals surface area (Å²) in [5.41, 5.74) is 0.622. The third-order valence-electron chi connectivity index (χ3n) is 4.94. The minimum Gasteiger partial charge on any atom is -0.505 e. The largest absolute Gasteiger partial charge is 0.505 e. The fourth-order valence-corrected chi connectivity index (χ4v) is 3.67. The summed E-state index contributed by atoms with van der Waals surface area (Å²) in [6, 6.07) is 11.2. The Bertz CT molecular complexity index is 1170. The number of nitrogens with zero attached hydrogens (tertiary/aromatic N) is 2. The van der Waals surface area contributed by atoms with Crippen LogP contribution in [0.25, 0.3) is 10.8 Å². The molecule has 5 rings (SSSR count). The van der Waals surface area contributed by atoms with E-state index in [0.717, 1.165) is 0 Å². The van der Waals surface area contributed by atoms with Crippen molar-refractivity contribution < 1.29 is 19.8 Å². The Morgan fingerprint density at radius 1 is 0.654 bits per heavy atom. The van der Waals surface area contributed by atoms with E-state index in [1.54, 1.807) is 48.5 Å². The van der Waals surface area contributed by atoms with Gasteiger partial charge < -0.3 is 10.2 Å². The van der Waals surface area contributed by atoms with E-state index in [-0.39, 0.29) is 33.8 Å². The van der Waals surface area contributed by atoms with Crippen molar-refractivity contribution in [2.24, 2.45) is 9.98 Å². The number of carbonyl (C=O) groups excluding carboxylic acids is 2. The second kappa shape index (κ2) is 4.98. The fraction of sp³-hybridized carbons (Fsp3) is 0.100. The van der Waals surface area contributed by atoms with E-state index in [2.05, 4.69) is 9.98 Å². The highest BCUT2D eigenvalue weighted by atomic mass is 16.3. The average Bonchev–Trinajstić information content (AvgIpc) is 2.69. The van der Waals surface area contributed by atoms with E-state index in [4.69, 9.17) is 0 Å². The van der Waals surface area contributed by atoms with Crippen LogP contribution in [0, 0.1) is 0 Å². The lowest BCUT2D eigenvalue weighted by atomic mass is 9.82. The summed E-state index contributed by atoms with van der Waals surface area (Å²) in [7, 11) is 0. The lowest BCUT2D eigenvalue weighted by Gasteiger charge is -2.27. The summed E-state index contributed by atoms with van der Waals surface area (Å²) in [5, 5.41) is 22.1. The zero-order valence-corrected chi connectivity index (χ0v) is 13.4.